The Morgan fingerprint density at radius 1 is 0.778 bits per heavy atom. The second kappa shape index (κ2) is 8.23. The molecule has 0 bridgehead atoms. The van der Waals surface area contributed by atoms with E-state index in [0.29, 0.717) is 0 Å². The first-order valence-electron chi connectivity index (χ1n) is 13.1. The van der Waals surface area contributed by atoms with Crippen molar-refractivity contribution in [3.63, 3.8) is 0 Å². The van der Waals surface area contributed by atoms with Gasteiger partial charge in [-0.25, -0.2) is 0 Å². The molecule has 1 heterocycles. The molecule has 0 saturated heterocycles. The van der Waals surface area contributed by atoms with Crippen LogP contribution >= 0.6 is 0 Å². The molecule has 3 aromatic carbocycles. The highest BCUT2D eigenvalue weighted by Crippen LogP contribution is 2.48. The number of fused-ring (bicyclic) bond motifs is 4. The number of nitrogens with zero attached hydrogens (tertiary/aromatic N) is 1. The highest BCUT2D eigenvalue weighted by atomic mass is 16.5. The molecule has 1 radical (unpaired) electrons. The molecule has 4 aromatic rings. The van der Waals surface area contributed by atoms with Crippen molar-refractivity contribution in [2.75, 3.05) is 0 Å². The van der Waals surface area contributed by atoms with Crippen LogP contribution in [0.2, 0.25) is 0 Å². The predicted molar refractivity (Wildman–Crippen MR) is 153 cm³/mol. The summed E-state index contributed by atoms with van der Waals surface area (Å²) in [7, 11) is 1.74. The molecule has 4 heteroatoms. The van der Waals surface area contributed by atoms with Crippen LogP contribution in [0.15, 0.2) is 60.7 Å². The van der Waals surface area contributed by atoms with Gasteiger partial charge < -0.3 is 14.3 Å². The topological polar surface area (TPSA) is 34.4 Å². The number of aromatic nitrogens is 1. The van der Waals surface area contributed by atoms with Crippen LogP contribution in [0, 0.1) is 0 Å². The molecule has 0 aliphatic heterocycles. The quantitative estimate of drug-likeness (QED) is 0.314. The number of hydrogen-bond donors (Lipinski definition) is 1. The fourth-order valence-electron chi connectivity index (χ4n) is 5.37. The summed E-state index contributed by atoms with van der Waals surface area (Å²) >= 11 is 0. The van der Waals surface area contributed by atoms with Crippen molar-refractivity contribution < 1.29 is 9.76 Å². The van der Waals surface area contributed by atoms with E-state index in [4.69, 9.17) is 4.65 Å². The summed E-state index contributed by atoms with van der Waals surface area (Å²) < 4.78 is 8.37. The van der Waals surface area contributed by atoms with E-state index < -0.39 is 11.2 Å². The lowest BCUT2D eigenvalue weighted by Crippen LogP contribution is -2.49. The van der Waals surface area contributed by atoms with E-state index in [1.165, 1.54) is 45.8 Å². The van der Waals surface area contributed by atoms with Crippen LogP contribution in [-0.2, 0) is 15.5 Å². The van der Waals surface area contributed by atoms with Crippen LogP contribution in [0.3, 0.4) is 0 Å². The van der Waals surface area contributed by atoms with E-state index in [1.54, 1.807) is 21.3 Å². The Balaban J connectivity index is 1.62. The van der Waals surface area contributed by atoms with Gasteiger partial charge in [-0.15, -0.1) is 0 Å². The Labute approximate surface area is 216 Å². The molecule has 187 valence electrons. The minimum atomic E-state index is -0.951. The molecule has 0 atom stereocenters. The molecule has 3 nitrogen and oxygen atoms in total. The van der Waals surface area contributed by atoms with Crippen molar-refractivity contribution in [3.05, 3.63) is 71.8 Å². The first-order chi connectivity index (χ1) is 16.7. The Bertz CT molecular complexity index is 1440. The normalized spacial score (nSPS) is 17.4. The number of rotatable bonds is 5. The monoisotopic (exact) mass is 480 g/mol. The maximum atomic E-state index is 10.4. The second-order valence-electron chi connectivity index (χ2n) is 12.9. The van der Waals surface area contributed by atoms with Gasteiger partial charge >= 0.3 is 7.48 Å². The number of para-hydroxylation sites is 1. The number of aliphatic hydroxyl groups is 1. The zero-order chi connectivity index (χ0) is 26.1. The Hall–Kier alpha value is -2.56. The molecule has 0 fully saturated rings. The molecule has 1 aromatic heterocycles. The maximum Gasteiger partial charge on any atom is 0.330 e. The van der Waals surface area contributed by atoms with Gasteiger partial charge in [0.25, 0.3) is 0 Å². The van der Waals surface area contributed by atoms with E-state index in [-0.39, 0.29) is 10.8 Å². The van der Waals surface area contributed by atoms with E-state index in [0.717, 1.165) is 11.2 Å². The van der Waals surface area contributed by atoms with Crippen LogP contribution in [-0.4, -0.2) is 28.4 Å². The molecule has 0 unspecified atom stereocenters. The summed E-state index contributed by atoms with van der Waals surface area (Å²) in [5.74, 6) is 0. The molecule has 0 amide bonds. The van der Waals surface area contributed by atoms with Crippen LogP contribution < -0.4 is 5.46 Å². The van der Waals surface area contributed by atoms with Gasteiger partial charge in [0.2, 0.25) is 0 Å². The van der Waals surface area contributed by atoms with Crippen LogP contribution in [0.25, 0.3) is 27.5 Å². The zero-order valence-electron chi connectivity index (χ0n) is 23.1. The van der Waals surface area contributed by atoms with Gasteiger partial charge in [-0.2, -0.15) is 0 Å². The minimum absolute atomic E-state index is 0.157. The second-order valence-corrected chi connectivity index (χ2v) is 12.9. The zero-order valence-corrected chi connectivity index (χ0v) is 23.1. The average Bonchev–Trinajstić information content (AvgIpc) is 3.13. The van der Waals surface area contributed by atoms with Gasteiger partial charge in [-0.1, -0.05) is 63.5 Å². The predicted octanol–water partition coefficient (Wildman–Crippen LogP) is 6.94. The first-order valence-corrected chi connectivity index (χ1v) is 13.1. The molecule has 1 aliphatic rings. The smallest absolute Gasteiger partial charge is 0.330 e. The van der Waals surface area contributed by atoms with E-state index in [9.17, 15) is 5.11 Å². The van der Waals surface area contributed by atoms with Crippen molar-refractivity contribution in [2.45, 2.75) is 90.3 Å². The molecule has 36 heavy (non-hydrogen) atoms. The largest absolute Gasteiger partial charge is 0.427 e. The lowest BCUT2D eigenvalue weighted by molar-refractivity contribution is -0.0893. The lowest BCUT2D eigenvalue weighted by Gasteiger charge is -2.42. The van der Waals surface area contributed by atoms with Gasteiger partial charge in [0.1, 0.15) is 0 Å². The average molecular weight is 480 g/mol. The molecule has 0 saturated carbocycles. The van der Waals surface area contributed by atoms with E-state index >= 15 is 0 Å². The van der Waals surface area contributed by atoms with Crippen molar-refractivity contribution in [2.24, 2.45) is 0 Å². The molecular formula is C32H39BNO2. The Morgan fingerprint density at radius 3 is 1.97 bits per heavy atom. The lowest BCUT2D eigenvalue weighted by atomic mass is 9.63. The third-order valence-electron chi connectivity index (χ3n) is 8.76. The maximum absolute atomic E-state index is 10.4. The van der Waals surface area contributed by atoms with Crippen LogP contribution in [0.5, 0.6) is 0 Å². The SMILES string of the molecule is CC1(C)CCC(C)(C)c2cc3c(cc21)c1ccccc1n3-c1ccc([B]OC(C)(C)C(C)(C)O)cc1. The van der Waals surface area contributed by atoms with Crippen LogP contribution in [0.4, 0.5) is 0 Å². The first kappa shape index (κ1) is 25.1. The van der Waals surface area contributed by atoms with Crippen molar-refractivity contribution in [3.8, 4) is 5.69 Å². The van der Waals surface area contributed by atoms with Gasteiger partial charge in [-0.05, 0) is 92.8 Å². The third-order valence-corrected chi connectivity index (χ3v) is 8.76. The molecule has 1 aliphatic carbocycles. The fourth-order valence-corrected chi connectivity index (χ4v) is 5.37. The summed E-state index contributed by atoms with van der Waals surface area (Å²) in [6, 6.07) is 22.2. The van der Waals surface area contributed by atoms with Gasteiger partial charge in [0.05, 0.1) is 22.2 Å². The summed E-state index contributed by atoms with van der Waals surface area (Å²) in [6.07, 6.45) is 2.41. The van der Waals surface area contributed by atoms with Gasteiger partial charge in [0, 0.05) is 16.5 Å². The number of benzene rings is 3. The molecule has 1 N–H and O–H groups in total. The standard InChI is InChI=1S/C32H39BNO2/c1-29(2)17-18-30(3,4)26-20-28-24(19-25(26)29)23-11-9-10-12-27(23)34(28)22-15-13-21(14-16-22)33-36-32(7,8)31(5,6)35/h9-16,19-20,35H,17-18H2,1-8H3. The van der Waals surface area contributed by atoms with E-state index in [1.807, 2.05) is 13.8 Å². The molecule has 0 spiro atoms. The number of hydrogen-bond acceptors (Lipinski definition) is 2. The van der Waals surface area contributed by atoms with E-state index in [2.05, 4.69) is 92.9 Å². The molecular weight excluding hydrogens is 441 g/mol. The summed E-state index contributed by atoms with van der Waals surface area (Å²) in [6.45, 7) is 16.9. The van der Waals surface area contributed by atoms with Crippen molar-refractivity contribution in [1.82, 2.24) is 4.57 Å². The summed E-state index contributed by atoms with van der Waals surface area (Å²) in [5.41, 5.74) is 6.24. The minimum Gasteiger partial charge on any atom is -0.427 e. The Kier molecular flexibility index (Phi) is 5.74. The molecule has 5 rings (SSSR count). The highest BCUT2D eigenvalue weighted by Gasteiger charge is 2.38. The third kappa shape index (κ3) is 4.09. The summed E-state index contributed by atoms with van der Waals surface area (Å²) in [5, 5.41) is 13.0. The Morgan fingerprint density at radius 2 is 1.36 bits per heavy atom. The van der Waals surface area contributed by atoms with Gasteiger partial charge in [0.15, 0.2) is 0 Å². The highest BCUT2D eigenvalue weighted by molar-refractivity contribution is 6.47. The van der Waals surface area contributed by atoms with Crippen molar-refractivity contribution >= 4 is 34.8 Å². The fraction of sp³-hybridized carbons (Fsp3) is 0.438. The van der Waals surface area contributed by atoms with Crippen molar-refractivity contribution in [1.29, 1.82) is 0 Å². The summed E-state index contributed by atoms with van der Waals surface area (Å²) in [4.78, 5) is 0. The van der Waals surface area contributed by atoms with Crippen LogP contribution in [0.1, 0.15) is 79.4 Å². The van der Waals surface area contributed by atoms with Gasteiger partial charge in [-0.3, -0.25) is 0 Å².